The van der Waals surface area contributed by atoms with Crippen molar-refractivity contribution < 1.29 is 4.74 Å². The van der Waals surface area contributed by atoms with Crippen molar-refractivity contribution in [3.63, 3.8) is 0 Å². The van der Waals surface area contributed by atoms with Crippen LogP contribution in [0.4, 0.5) is 5.82 Å². The van der Waals surface area contributed by atoms with E-state index < -0.39 is 0 Å². The van der Waals surface area contributed by atoms with Crippen LogP contribution in [0.1, 0.15) is 32.2 Å². The van der Waals surface area contributed by atoms with Gasteiger partial charge in [-0.2, -0.15) is 5.10 Å². The Morgan fingerprint density at radius 3 is 2.67 bits per heavy atom. The fourth-order valence-corrected chi connectivity index (χ4v) is 4.26. The number of hydrogen-bond donors (Lipinski definition) is 3. The number of likely N-dealkylation sites (N-methyl/N-ethyl adjacent to an activating group) is 1. The third-order valence-corrected chi connectivity index (χ3v) is 6.58. The van der Waals surface area contributed by atoms with E-state index in [0.29, 0.717) is 22.4 Å². The van der Waals surface area contributed by atoms with Crippen LogP contribution in [0, 0.1) is 6.92 Å². The molecule has 1 aliphatic rings. The summed E-state index contributed by atoms with van der Waals surface area (Å²) in [4.78, 5) is 16.8. The summed E-state index contributed by atoms with van der Waals surface area (Å²) in [6.45, 7) is 15.8. The summed E-state index contributed by atoms with van der Waals surface area (Å²) >= 11 is 6.60. The monoisotopic (exact) mass is 510 g/mol. The van der Waals surface area contributed by atoms with Crippen molar-refractivity contribution in [2.45, 2.75) is 33.1 Å². The molecule has 0 bridgehead atoms. The molecule has 0 aliphatic carbocycles. The van der Waals surface area contributed by atoms with Crippen molar-refractivity contribution in [1.82, 2.24) is 25.0 Å². The topological polar surface area (TPSA) is 96.9 Å². The molecule has 1 fully saturated rings. The van der Waals surface area contributed by atoms with Crippen LogP contribution in [0.15, 0.2) is 46.1 Å². The Morgan fingerprint density at radius 1 is 1.25 bits per heavy atom. The smallest absolute Gasteiger partial charge is 0.181 e. The molecule has 1 aromatic carbocycles. The van der Waals surface area contributed by atoms with Gasteiger partial charge in [-0.25, -0.2) is 9.98 Å². The molecule has 0 amide bonds. The second-order valence-electron chi connectivity index (χ2n) is 10.1. The standard InChI is InChI=1S/C26H35ClN8O/c1-17-13-18-19(30-17)7-8-20(25(18)27)36-16-29-24(35-11-9-34(6)10-12-35)15-22(28-5)31-23-14-21(32-33-23)26(2,3)4/h7-8,13-15,30H,5,9-12,16H2,1-4,6H3,(H2,31,32,33)/b22-15+,29-24+. The lowest BCUT2D eigenvalue weighted by Gasteiger charge is -2.33. The lowest BCUT2D eigenvalue weighted by atomic mass is 9.92. The van der Waals surface area contributed by atoms with Gasteiger partial charge in [-0.1, -0.05) is 32.4 Å². The van der Waals surface area contributed by atoms with Crippen molar-refractivity contribution in [1.29, 1.82) is 0 Å². The van der Waals surface area contributed by atoms with Gasteiger partial charge in [-0.05, 0) is 38.9 Å². The van der Waals surface area contributed by atoms with Crippen LogP contribution in [0.25, 0.3) is 10.9 Å². The Kier molecular flexibility index (Phi) is 7.70. The van der Waals surface area contributed by atoms with Crippen molar-refractivity contribution in [2.24, 2.45) is 9.98 Å². The molecule has 0 unspecified atom stereocenters. The summed E-state index contributed by atoms with van der Waals surface area (Å²) in [5.74, 6) is 2.59. The molecule has 1 aliphatic heterocycles. The van der Waals surface area contributed by atoms with E-state index >= 15 is 0 Å². The maximum atomic E-state index is 6.60. The molecule has 3 heterocycles. The number of aliphatic imine (C=N–C) groups is 2. The number of rotatable bonds is 7. The number of anilines is 1. The molecule has 0 spiro atoms. The minimum absolute atomic E-state index is 0.0361. The zero-order valence-electron chi connectivity index (χ0n) is 21.7. The van der Waals surface area contributed by atoms with Gasteiger partial charge in [0.05, 0.1) is 5.02 Å². The number of amidine groups is 1. The number of nitrogens with zero attached hydrogens (tertiary/aromatic N) is 5. The third-order valence-electron chi connectivity index (χ3n) is 6.19. The van der Waals surface area contributed by atoms with E-state index in [2.05, 4.69) is 69.8 Å². The van der Waals surface area contributed by atoms with Gasteiger partial charge >= 0.3 is 0 Å². The third kappa shape index (κ3) is 6.09. The van der Waals surface area contributed by atoms with Crippen LogP contribution in [0.2, 0.25) is 5.02 Å². The van der Waals surface area contributed by atoms with E-state index in [1.54, 1.807) is 0 Å². The number of nitrogens with one attached hydrogen (secondary N) is 3. The highest BCUT2D eigenvalue weighted by Crippen LogP contribution is 2.33. The van der Waals surface area contributed by atoms with E-state index in [1.165, 1.54) is 0 Å². The Balaban J connectivity index is 1.55. The number of aromatic amines is 2. The van der Waals surface area contributed by atoms with Gasteiger partial charge < -0.3 is 24.8 Å². The van der Waals surface area contributed by atoms with Gasteiger partial charge in [0.15, 0.2) is 12.5 Å². The van der Waals surface area contributed by atoms with Crippen LogP contribution in [0.5, 0.6) is 5.75 Å². The number of H-pyrrole nitrogens is 2. The summed E-state index contributed by atoms with van der Waals surface area (Å²) in [6, 6.07) is 7.83. The van der Waals surface area contributed by atoms with E-state index in [1.807, 2.05) is 37.3 Å². The fourth-order valence-electron chi connectivity index (χ4n) is 3.98. The first-order valence-corrected chi connectivity index (χ1v) is 12.4. The van der Waals surface area contributed by atoms with Crippen LogP contribution in [-0.2, 0) is 5.41 Å². The number of piperazine rings is 1. The Labute approximate surface area is 217 Å². The second kappa shape index (κ2) is 10.8. The van der Waals surface area contributed by atoms with Gasteiger partial charge in [0.1, 0.15) is 17.4 Å². The summed E-state index contributed by atoms with van der Waals surface area (Å²) in [5, 5.41) is 12.2. The highest BCUT2D eigenvalue weighted by Gasteiger charge is 2.19. The van der Waals surface area contributed by atoms with Crippen molar-refractivity contribution >= 4 is 40.9 Å². The van der Waals surface area contributed by atoms with Crippen molar-refractivity contribution in [3.05, 3.63) is 52.6 Å². The first-order chi connectivity index (χ1) is 17.1. The molecule has 10 heteroatoms. The fraction of sp³-hybridized carbons (Fsp3) is 0.423. The zero-order valence-corrected chi connectivity index (χ0v) is 22.4. The number of ether oxygens (including phenoxy) is 1. The molecule has 0 radical (unpaired) electrons. The normalized spacial score (nSPS) is 16.0. The quantitative estimate of drug-likeness (QED) is 0.314. The average molecular weight is 511 g/mol. The van der Waals surface area contributed by atoms with Crippen LogP contribution in [-0.4, -0.2) is 77.5 Å². The van der Waals surface area contributed by atoms with Gasteiger partial charge in [0.2, 0.25) is 0 Å². The summed E-state index contributed by atoms with van der Waals surface area (Å²) < 4.78 is 5.99. The lowest BCUT2D eigenvalue weighted by Crippen LogP contribution is -2.47. The molecule has 192 valence electrons. The Morgan fingerprint density at radius 2 is 2.00 bits per heavy atom. The average Bonchev–Trinajstić information content (AvgIpc) is 3.46. The van der Waals surface area contributed by atoms with E-state index in [0.717, 1.165) is 54.3 Å². The van der Waals surface area contributed by atoms with Crippen LogP contribution in [0.3, 0.4) is 0 Å². The Hall–Kier alpha value is -3.30. The van der Waals surface area contributed by atoms with E-state index in [9.17, 15) is 0 Å². The van der Waals surface area contributed by atoms with E-state index in [4.69, 9.17) is 21.3 Å². The minimum atomic E-state index is -0.0361. The highest BCUT2D eigenvalue weighted by atomic mass is 35.5. The van der Waals surface area contributed by atoms with Gasteiger partial charge in [-0.3, -0.25) is 5.10 Å². The molecule has 36 heavy (non-hydrogen) atoms. The molecule has 4 rings (SSSR count). The first-order valence-electron chi connectivity index (χ1n) is 12.0. The SMILES string of the molecule is C=N/C(=C\C(=N/COc1ccc2[nH]c(C)cc2c1Cl)N1CCN(C)CC1)Nc1cc(C(C)(C)C)[nH]n1. The molecule has 0 saturated carbocycles. The number of aromatic nitrogens is 3. The minimum Gasteiger partial charge on any atom is -0.470 e. The number of aryl methyl sites for hydroxylation is 1. The summed E-state index contributed by atoms with van der Waals surface area (Å²) in [5.41, 5.74) is 3.02. The predicted molar refractivity (Wildman–Crippen MR) is 149 cm³/mol. The Bertz CT molecular complexity index is 1270. The second-order valence-corrected chi connectivity index (χ2v) is 10.5. The summed E-state index contributed by atoms with van der Waals surface area (Å²) in [6.07, 6.45) is 1.88. The molecular weight excluding hydrogens is 476 g/mol. The summed E-state index contributed by atoms with van der Waals surface area (Å²) in [7, 11) is 2.12. The van der Waals surface area contributed by atoms with Gasteiger partial charge in [-0.15, -0.1) is 0 Å². The first kappa shape index (κ1) is 25.8. The number of hydrogen-bond acceptors (Lipinski definition) is 6. The van der Waals surface area contributed by atoms with Gasteiger partial charge in [0, 0.05) is 66.0 Å². The lowest BCUT2D eigenvalue weighted by molar-refractivity contribution is 0.214. The van der Waals surface area contributed by atoms with Gasteiger partial charge in [0.25, 0.3) is 0 Å². The van der Waals surface area contributed by atoms with Crippen LogP contribution >= 0.6 is 11.6 Å². The zero-order chi connectivity index (χ0) is 25.9. The molecule has 9 nitrogen and oxygen atoms in total. The molecule has 3 N–H and O–H groups in total. The maximum absolute atomic E-state index is 6.60. The maximum Gasteiger partial charge on any atom is 0.181 e. The number of halogens is 1. The molecule has 0 atom stereocenters. The van der Waals surface area contributed by atoms with Crippen molar-refractivity contribution in [2.75, 3.05) is 45.3 Å². The predicted octanol–water partition coefficient (Wildman–Crippen LogP) is 4.79. The molecule has 3 aromatic rings. The molecular formula is C26H35ClN8O. The number of fused-ring (bicyclic) bond motifs is 1. The van der Waals surface area contributed by atoms with Crippen LogP contribution < -0.4 is 10.1 Å². The number of benzene rings is 1. The van der Waals surface area contributed by atoms with E-state index in [-0.39, 0.29) is 12.1 Å². The molecule has 2 aromatic heterocycles. The largest absolute Gasteiger partial charge is 0.470 e. The molecule has 1 saturated heterocycles. The highest BCUT2D eigenvalue weighted by molar-refractivity contribution is 6.37. The van der Waals surface area contributed by atoms with Crippen molar-refractivity contribution in [3.8, 4) is 5.75 Å².